The molecule has 0 aliphatic rings. The molecule has 0 bridgehead atoms. The van der Waals surface area contributed by atoms with E-state index in [9.17, 15) is 56.9 Å². The molecule has 0 aromatic heterocycles. The van der Waals surface area contributed by atoms with Crippen LogP contribution in [0.2, 0.25) is 0 Å². The van der Waals surface area contributed by atoms with Crippen molar-refractivity contribution in [1.82, 2.24) is 0 Å². The molecule has 324 valence electrons. The van der Waals surface area contributed by atoms with Crippen molar-refractivity contribution in [1.29, 1.82) is 10.5 Å². The second-order valence-electron chi connectivity index (χ2n) is 14.1. The molecule has 0 fully saturated rings. The van der Waals surface area contributed by atoms with Crippen molar-refractivity contribution in [2.75, 3.05) is 5.75 Å². The predicted molar refractivity (Wildman–Crippen MR) is 217 cm³/mol. The molecule has 1 unspecified atom stereocenters. The molecule has 0 saturated heterocycles. The minimum atomic E-state index is -4.77. The number of alkyl halides is 12. The fourth-order valence-electron chi connectivity index (χ4n) is 7.08. The van der Waals surface area contributed by atoms with Crippen LogP contribution >= 0.6 is 0 Å². The summed E-state index contributed by atoms with van der Waals surface area (Å²) in [5.41, 5.74) is -3.33. The van der Waals surface area contributed by atoms with Crippen molar-refractivity contribution in [3.63, 3.8) is 0 Å². The third-order valence-corrected chi connectivity index (χ3v) is 12.8. The number of nitrogens with zero attached hydrogens (tertiary/aromatic N) is 2. The molecule has 3 nitrogen and oxygen atoms in total. The average molecular weight is 899 g/mol. The van der Waals surface area contributed by atoms with Crippen LogP contribution < -0.4 is 21.9 Å². The van der Waals surface area contributed by atoms with Gasteiger partial charge >= 0.3 is 24.7 Å². The highest BCUT2D eigenvalue weighted by atomic mass is 32.2. The maximum absolute atomic E-state index is 13.4. The van der Waals surface area contributed by atoms with Gasteiger partial charge < -0.3 is 0 Å². The van der Waals surface area contributed by atoms with Crippen molar-refractivity contribution in [2.24, 2.45) is 0 Å². The summed E-state index contributed by atoms with van der Waals surface area (Å²) in [4.78, 5) is 0.741. The minimum absolute atomic E-state index is 0.00304. The predicted octanol–water partition coefficient (Wildman–Crippen LogP) is 10.9. The molecule has 63 heavy (non-hydrogen) atoms. The molecular weight excluding hydrogens is 867 g/mol. The Morgan fingerprint density at radius 2 is 0.746 bits per heavy atom. The van der Waals surface area contributed by atoms with E-state index < -0.39 is 63.0 Å². The lowest BCUT2D eigenvalue weighted by molar-refractivity contribution is -0.138. The van der Waals surface area contributed by atoms with E-state index in [1.54, 1.807) is 0 Å². The van der Waals surface area contributed by atoms with Crippen LogP contribution in [0.4, 0.5) is 52.7 Å². The Morgan fingerprint density at radius 3 is 1.02 bits per heavy atom. The van der Waals surface area contributed by atoms with Crippen LogP contribution in [0.1, 0.15) is 27.8 Å². The highest BCUT2D eigenvalue weighted by Gasteiger charge is 2.38. The van der Waals surface area contributed by atoms with E-state index in [1.807, 2.05) is 72.8 Å². The molecule has 0 N–H and O–H groups in total. The number of halogens is 12. The first-order valence-electron chi connectivity index (χ1n) is 18.5. The standard InChI is InChI=1S/C28H16BF12.C18H15N2OS/c30-25(31,32)17-1-9-21(10-2-17)29(22-11-3-18(4-12-22)26(33,34)35,23-13-5-19(6-14-23)27(36,37)38)24-15-7-20(8-16-24)28(39,40)41;19-13-17(14-20)11-12-22(21,18-9-5-2-6-10-18)15-16-7-3-1-4-8-16/h1-16H;1-11H,12,15H2/q-1;+1. The number of hydrogen-bond acceptors (Lipinski definition) is 3. The largest absolute Gasteiger partial charge is 0.416 e. The zero-order valence-electron chi connectivity index (χ0n) is 32.3. The molecule has 0 saturated carbocycles. The van der Waals surface area contributed by atoms with E-state index >= 15 is 0 Å². The molecule has 0 aliphatic carbocycles. The number of allylic oxidation sites excluding steroid dienone is 1. The topological polar surface area (TPSA) is 64.7 Å². The molecule has 6 aromatic rings. The van der Waals surface area contributed by atoms with Crippen molar-refractivity contribution in [3.05, 3.63) is 197 Å². The van der Waals surface area contributed by atoms with Crippen LogP contribution in [0.25, 0.3) is 0 Å². The highest BCUT2D eigenvalue weighted by molar-refractivity contribution is 8.02. The van der Waals surface area contributed by atoms with Gasteiger partial charge in [0.1, 0.15) is 45.3 Å². The minimum Gasteiger partial charge on any atom is -0.195 e. The number of benzene rings is 6. The van der Waals surface area contributed by atoms with Gasteiger partial charge in [-0.05, 0) is 18.2 Å². The molecule has 1 atom stereocenters. The van der Waals surface area contributed by atoms with Crippen molar-refractivity contribution in [2.45, 2.75) is 35.4 Å². The molecule has 6 rings (SSSR count). The first-order valence-corrected chi connectivity index (χ1v) is 20.4. The van der Waals surface area contributed by atoms with Gasteiger partial charge in [0, 0.05) is 5.56 Å². The maximum Gasteiger partial charge on any atom is 0.416 e. The Labute approximate surface area is 354 Å². The van der Waals surface area contributed by atoms with E-state index in [1.165, 1.54) is 6.08 Å². The summed E-state index contributed by atoms with van der Waals surface area (Å²) in [7, 11) is -2.41. The van der Waals surface area contributed by atoms with Gasteiger partial charge in [-0.25, -0.2) is 0 Å². The first kappa shape index (κ1) is 47.5. The average Bonchev–Trinajstić information content (AvgIpc) is 3.25. The molecule has 0 heterocycles. The first-order chi connectivity index (χ1) is 29.5. The van der Waals surface area contributed by atoms with Gasteiger partial charge in [0.15, 0.2) is 4.90 Å². The Morgan fingerprint density at radius 1 is 0.460 bits per heavy atom. The summed E-state index contributed by atoms with van der Waals surface area (Å²) in [6.45, 7) is 0. The van der Waals surface area contributed by atoms with Crippen LogP contribution in [-0.2, 0) is 44.6 Å². The third kappa shape index (κ3) is 11.3. The van der Waals surface area contributed by atoms with E-state index in [0.29, 0.717) is 54.3 Å². The lowest BCUT2D eigenvalue weighted by atomic mass is 9.13. The summed E-state index contributed by atoms with van der Waals surface area (Å²) in [5, 5.41) is 17.7. The van der Waals surface area contributed by atoms with Crippen LogP contribution in [-0.4, -0.2) is 11.9 Å². The monoisotopic (exact) mass is 898 g/mol. The molecule has 0 amide bonds. The molecule has 0 spiro atoms. The van der Waals surface area contributed by atoms with Gasteiger partial charge in [0.05, 0.1) is 22.3 Å². The fraction of sp³-hybridized carbons (Fsp3) is 0.130. The normalized spacial score (nSPS) is 13.0. The van der Waals surface area contributed by atoms with E-state index in [-0.39, 0.29) is 33.2 Å². The molecule has 0 aliphatic heterocycles. The van der Waals surface area contributed by atoms with Gasteiger partial charge in [0.25, 0.3) is 0 Å². The van der Waals surface area contributed by atoms with E-state index in [4.69, 9.17) is 10.5 Å². The lowest BCUT2D eigenvalue weighted by Crippen LogP contribution is -2.74. The van der Waals surface area contributed by atoms with Crippen LogP contribution in [0.5, 0.6) is 0 Å². The summed E-state index contributed by atoms with van der Waals surface area (Å²) >= 11 is 0. The van der Waals surface area contributed by atoms with Crippen molar-refractivity contribution in [3.8, 4) is 12.1 Å². The quantitative estimate of drug-likeness (QED) is 0.0629. The number of hydrogen-bond donors (Lipinski definition) is 0. The van der Waals surface area contributed by atoms with Gasteiger partial charge in [-0.15, -0.1) is 0 Å². The Kier molecular flexibility index (Phi) is 14.2. The molecule has 6 aromatic carbocycles. The number of nitriles is 2. The van der Waals surface area contributed by atoms with Crippen LogP contribution in [0.3, 0.4) is 0 Å². The Hall–Kier alpha value is -6.59. The molecular formula is C46H31BF12N2OS. The van der Waals surface area contributed by atoms with E-state index in [0.717, 1.165) is 59.0 Å². The van der Waals surface area contributed by atoms with Crippen LogP contribution in [0.15, 0.2) is 174 Å². The van der Waals surface area contributed by atoms with Gasteiger partial charge in [-0.3, -0.25) is 0 Å². The Bertz CT molecular complexity index is 2380. The van der Waals surface area contributed by atoms with Gasteiger partial charge in [-0.1, -0.05) is 150 Å². The van der Waals surface area contributed by atoms with Crippen molar-refractivity contribution >= 4 is 37.9 Å². The zero-order valence-corrected chi connectivity index (χ0v) is 33.1. The molecule has 0 radical (unpaired) electrons. The fourth-order valence-corrected chi connectivity index (χ4v) is 9.38. The second-order valence-corrected chi connectivity index (χ2v) is 16.8. The van der Waals surface area contributed by atoms with Crippen molar-refractivity contribution < 1.29 is 56.9 Å². The van der Waals surface area contributed by atoms with Crippen LogP contribution in [0, 0.1) is 22.7 Å². The SMILES string of the molecule is FC(F)(F)c1ccc([B-](c2ccc(C(F)(F)F)cc2)(c2ccc(C(F)(F)F)cc2)c2ccc(C(F)(F)F)cc2)cc1.N#CC(C#N)=CC[S+](=O)(Cc1ccccc1)c1ccccc1. The van der Waals surface area contributed by atoms with Gasteiger partial charge in [0.2, 0.25) is 0 Å². The number of rotatable bonds is 9. The zero-order chi connectivity index (χ0) is 46.3. The molecule has 17 heteroatoms. The summed E-state index contributed by atoms with van der Waals surface area (Å²) in [5.74, 6) is 0.570. The summed E-state index contributed by atoms with van der Waals surface area (Å²) in [6.07, 6.45) is -20.5. The summed E-state index contributed by atoms with van der Waals surface area (Å²) in [6, 6.07) is 36.0. The Balaban J connectivity index is 0.000000286. The van der Waals surface area contributed by atoms with Gasteiger partial charge in [-0.2, -0.15) is 85.1 Å². The maximum atomic E-state index is 13.4. The smallest absolute Gasteiger partial charge is 0.195 e. The third-order valence-electron chi connectivity index (χ3n) is 10.2. The second kappa shape index (κ2) is 18.8. The highest BCUT2D eigenvalue weighted by Crippen LogP contribution is 2.33. The summed E-state index contributed by atoms with van der Waals surface area (Å²) < 4.78 is 173. The van der Waals surface area contributed by atoms with E-state index in [2.05, 4.69) is 0 Å². The lowest BCUT2D eigenvalue weighted by Gasteiger charge is -2.44.